The van der Waals surface area contributed by atoms with Crippen molar-refractivity contribution in [3.63, 3.8) is 0 Å². The van der Waals surface area contributed by atoms with E-state index >= 15 is 0 Å². The number of rotatable bonds is 7. The van der Waals surface area contributed by atoms with E-state index in [2.05, 4.69) is 10.5 Å². The molecule has 3 rings (SSSR count). The van der Waals surface area contributed by atoms with E-state index in [4.69, 9.17) is 34.8 Å². The zero-order chi connectivity index (χ0) is 25.8. The number of halogens is 6. The van der Waals surface area contributed by atoms with Crippen LogP contribution < -0.4 is 9.73 Å². The van der Waals surface area contributed by atoms with Crippen LogP contribution in [0, 0.1) is 0 Å². The lowest BCUT2D eigenvalue weighted by molar-refractivity contribution is -0.137. The first-order valence-corrected chi connectivity index (χ1v) is 12.2. The van der Waals surface area contributed by atoms with Gasteiger partial charge in [-0.3, -0.25) is 9.10 Å². The zero-order valence-corrected chi connectivity index (χ0v) is 20.5. The molecule has 0 radical (unpaired) electrons. The topological polar surface area (TPSA) is 78.8 Å². The normalized spacial score (nSPS) is 12.1. The van der Waals surface area contributed by atoms with Gasteiger partial charge in [0.2, 0.25) is 0 Å². The summed E-state index contributed by atoms with van der Waals surface area (Å²) in [6.45, 7) is -0.866. The van der Waals surface area contributed by atoms with E-state index in [9.17, 15) is 26.4 Å². The standard InChI is InChI=1S/C22H15Cl3F3N3O3S/c23-18-9-7-15(11-17(18)22(26,27)28)31(35(33,34)16-4-2-1-3-5-16)13-21(32)30-29-12-14-6-8-19(24)20(25)10-14/h1-12H,13H2,(H,30,32)/b29-12+. The number of hydrogen-bond donors (Lipinski definition) is 1. The number of hydrogen-bond acceptors (Lipinski definition) is 4. The molecule has 0 fully saturated rings. The van der Waals surface area contributed by atoms with Gasteiger partial charge in [0.05, 0.1) is 37.4 Å². The summed E-state index contributed by atoms with van der Waals surface area (Å²) in [5, 5.41) is 3.69. The van der Waals surface area contributed by atoms with Gasteiger partial charge in [0.25, 0.3) is 15.9 Å². The summed E-state index contributed by atoms with van der Waals surface area (Å²) in [7, 11) is -4.43. The van der Waals surface area contributed by atoms with Crippen molar-refractivity contribution in [1.82, 2.24) is 5.43 Å². The Bertz CT molecular complexity index is 1370. The highest BCUT2D eigenvalue weighted by Gasteiger charge is 2.35. The average Bonchev–Trinajstić information content (AvgIpc) is 2.80. The molecule has 0 heterocycles. The number of anilines is 1. The van der Waals surface area contributed by atoms with Crippen molar-refractivity contribution >= 4 is 62.6 Å². The summed E-state index contributed by atoms with van der Waals surface area (Å²) in [4.78, 5) is 12.3. The van der Waals surface area contributed by atoms with Crippen LogP contribution in [-0.2, 0) is 21.0 Å². The minimum Gasteiger partial charge on any atom is -0.271 e. The minimum absolute atomic E-state index is 0.226. The molecule has 0 aliphatic heterocycles. The molecule has 0 saturated carbocycles. The maximum absolute atomic E-state index is 13.4. The van der Waals surface area contributed by atoms with Crippen molar-refractivity contribution in [2.24, 2.45) is 5.10 Å². The summed E-state index contributed by atoms with van der Waals surface area (Å²) in [5.41, 5.74) is 0.977. The molecule has 0 aliphatic carbocycles. The SMILES string of the molecule is O=C(CN(c1ccc(Cl)c(C(F)(F)F)c1)S(=O)(=O)c1ccccc1)N/N=C/c1ccc(Cl)c(Cl)c1. The Morgan fingerprint density at radius 1 is 0.943 bits per heavy atom. The molecule has 35 heavy (non-hydrogen) atoms. The second-order valence-corrected chi connectivity index (χ2v) is 10.0. The molecule has 3 aromatic carbocycles. The predicted octanol–water partition coefficient (Wildman–Crippen LogP) is 6.01. The highest BCUT2D eigenvalue weighted by atomic mass is 35.5. The molecule has 0 unspecified atom stereocenters. The Morgan fingerprint density at radius 2 is 1.60 bits per heavy atom. The fourth-order valence-corrected chi connectivity index (χ4v) is 4.82. The van der Waals surface area contributed by atoms with E-state index in [0.29, 0.717) is 21.0 Å². The van der Waals surface area contributed by atoms with Crippen LogP contribution >= 0.6 is 34.8 Å². The van der Waals surface area contributed by atoms with Crippen molar-refractivity contribution in [3.05, 3.63) is 92.9 Å². The van der Waals surface area contributed by atoms with Gasteiger partial charge in [0, 0.05) is 0 Å². The molecule has 0 bridgehead atoms. The Kier molecular flexibility index (Phi) is 8.32. The van der Waals surface area contributed by atoms with E-state index in [-0.39, 0.29) is 9.92 Å². The lowest BCUT2D eigenvalue weighted by atomic mass is 10.2. The number of carbonyl (C=O) groups excluding carboxylic acids is 1. The van der Waals surface area contributed by atoms with E-state index < -0.39 is 44.9 Å². The largest absolute Gasteiger partial charge is 0.417 e. The maximum Gasteiger partial charge on any atom is 0.417 e. The first-order valence-electron chi connectivity index (χ1n) is 9.61. The smallest absolute Gasteiger partial charge is 0.271 e. The van der Waals surface area contributed by atoms with Gasteiger partial charge < -0.3 is 0 Å². The third-order valence-electron chi connectivity index (χ3n) is 4.51. The van der Waals surface area contributed by atoms with Crippen LogP contribution in [-0.4, -0.2) is 27.1 Å². The third kappa shape index (κ3) is 6.66. The summed E-state index contributed by atoms with van der Waals surface area (Å²) in [6, 6.07) is 14.1. The lowest BCUT2D eigenvalue weighted by Crippen LogP contribution is -2.39. The Labute approximate surface area is 214 Å². The molecule has 184 valence electrons. The molecule has 1 amide bonds. The van der Waals surface area contributed by atoms with E-state index in [1.807, 2.05) is 0 Å². The summed E-state index contributed by atoms with van der Waals surface area (Å²) >= 11 is 17.4. The molecule has 6 nitrogen and oxygen atoms in total. The first-order chi connectivity index (χ1) is 16.4. The molecule has 13 heteroatoms. The quantitative estimate of drug-likeness (QED) is 0.282. The minimum atomic E-state index is -4.85. The molecule has 0 aromatic heterocycles. The van der Waals surface area contributed by atoms with Crippen LogP contribution in [0.3, 0.4) is 0 Å². The van der Waals surface area contributed by atoms with Gasteiger partial charge in [-0.2, -0.15) is 18.3 Å². The molecular formula is C22H15Cl3F3N3O3S. The first kappa shape index (κ1) is 26.8. The fourth-order valence-electron chi connectivity index (χ4n) is 2.86. The van der Waals surface area contributed by atoms with Crippen molar-refractivity contribution in [2.45, 2.75) is 11.1 Å². The number of carbonyl (C=O) groups is 1. The monoisotopic (exact) mass is 563 g/mol. The number of nitrogens with zero attached hydrogens (tertiary/aromatic N) is 2. The van der Waals surface area contributed by atoms with Gasteiger partial charge in [-0.05, 0) is 48.0 Å². The maximum atomic E-state index is 13.4. The Balaban J connectivity index is 1.93. The molecule has 0 spiro atoms. The van der Waals surface area contributed by atoms with Gasteiger partial charge in [0.1, 0.15) is 6.54 Å². The number of benzene rings is 3. The van der Waals surface area contributed by atoms with Gasteiger partial charge in [0.15, 0.2) is 0 Å². The van der Waals surface area contributed by atoms with Crippen LogP contribution in [0.4, 0.5) is 18.9 Å². The summed E-state index contributed by atoms with van der Waals surface area (Å²) < 4.78 is 67.2. The van der Waals surface area contributed by atoms with E-state index in [1.165, 1.54) is 42.6 Å². The van der Waals surface area contributed by atoms with Crippen LogP contribution in [0.5, 0.6) is 0 Å². The highest BCUT2D eigenvalue weighted by molar-refractivity contribution is 7.92. The number of amides is 1. The van der Waals surface area contributed by atoms with Gasteiger partial charge in [-0.1, -0.05) is 59.1 Å². The zero-order valence-electron chi connectivity index (χ0n) is 17.4. The number of nitrogens with one attached hydrogen (secondary N) is 1. The van der Waals surface area contributed by atoms with Crippen LogP contribution in [0.2, 0.25) is 15.1 Å². The second kappa shape index (κ2) is 10.9. The van der Waals surface area contributed by atoms with Gasteiger partial charge >= 0.3 is 6.18 Å². The Hall–Kier alpha value is -2.79. The lowest BCUT2D eigenvalue weighted by Gasteiger charge is -2.24. The van der Waals surface area contributed by atoms with Crippen LogP contribution in [0.25, 0.3) is 0 Å². The number of hydrazone groups is 1. The summed E-state index contributed by atoms with van der Waals surface area (Å²) in [5.74, 6) is -0.913. The van der Waals surface area contributed by atoms with Crippen LogP contribution in [0.15, 0.2) is 76.7 Å². The molecule has 1 N–H and O–H groups in total. The highest BCUT2D eigenvalue weighted by Crippen LogP contribution is 2.38. The second-order valence-electron chi connectivity index (χ2n) is 6.95. The van der Waals surface area contributed by atoms with Gasteiger partial charge in [-0.25, -0.2) is 13.8 Å². The third-order valence-corrected chi connectivity index (χ3v) is 7.36. The summed E-state index contributed by atoms with van der Waals surface area (Å²) in [6.07, 6.45) is -3.61. The van der Waals surface area contributed by atoms with Gasteiger partial charge in [-0.15, -0.1) is 0 Å². The van der Waals surface area contributed by atoms with E-state index in [0.717, 1.165) is 12.1 Å². The van der Waals surface area contributed by atoms with Crippen molar-refractivity contribution in [3.8, 4) is 0 Å². The van der Waals surface area contributed by atoms with Crippen molar-refractivity contribution in [1.29, 1.82) is 0 Å². The average molecular weight is 565 g/mol. The number of alkyl halides is 3. The van der Waals surface area contributed by atoms with Crippen LogP contribution in [0.1, 0.15) is 11.1 Å². The molecule has 0 atom stereocenters. The predicted molar refractivity (Wildman–Crippen MR) is 130 cm³/mol. The van der Waals surface area contributed by atoms with E-state index in [1.54, 1.807) is 12.1 Å². The molecule has 0 aliphatic rings. The molecule has 0 saturated heterocycles. The molecule has 3 aromatic rings. The molecular weight excluding hydrogens is 550 g/mol. The van der Waals surface area contributed by atoms with Crippen molar-refractivity contribution in [2.75, 3.05) is 10.8 Å². The Morgan fingerprint density at radius 3 is 2.23 bits per heavy atom. The number of sulfonamides is 1. The van der Waals surface area contributed by atoms with Crippen molar-refractivity contribution < 1.29 is 26.4 Å². The fraction of sp³-hybridized carbons (Fsp3) is 0.0909.